The molecule has 1 saturated heterocycles. The van der Waals surface area contributed by atoms with Crippen molar-refractivity contribution in [3.8, 4) is 0 Å². The lowest BCUT2D eigenvalue weighted by atomic mass is 9.53. The monoisotopic (exact) mass is 515 g/mol. The maximum atomic E-state index is 13.4. The molecular formula is C29H41NO7. The van der Waals surface area contributed by atoms with Crippen molar-refractivity contribution >= 4 is 11.8 Å². The molecule has 0 radical (unpaired) electrons. The van der Waals surface area contributed by atoms with E-state index >= 15 is 0 Å². The number of ether oxygens (including phenoxy) is 2. The second-order valence-electron chi connectivity index (χ2n) is 10.6. The second kappa shape index (κ2) is 11.5. The normalized spacial score (nSPS) is 35.8. The molecule has 0 aromatic heterocycles. The Hall–Kier alpha value is -2.52. The minimum Gasteiger partial charge on any atom is -0.504 e. The first-order valence-electron chi connectivity index (χ1n) is 13.0. The first kappa shape index (κ1) is 29.0. The standard InChI is InChI=1S/C23H30O7.C6H11N/c1-5-6-11-17-20(27)19(26)16-12-7-8-14(25)22(12,2)9-13(24)18(16)23(17,3)15(10-29-4)30-21(11)28;1-3-5-7-6-4-2/h6,12-15,24-25,27H,5,7-10H2,1-4H3;3-4,7H,1-2,5-6H2/b11-6+;. The number of carbonyl (C=O) groups is 2. The third kappa shape index (κ3) is 4.76. The Morgan fingerprint density at radius 1 is 1.16 bits per heavy atom. The fourth-order valence-corrected chi connectivity index (χ4v) is 6.57. The molecule has 1 saturated carbocycles. The van der Waals surface area contributed by atoms with Crippen molar-refractivity contribution < 1.29 is 34.4 Å². The van der Waals surface area contributed by atoms with Crippen molar-refractivity contribution in [3.05, 3.63) is 59.4 Å². The van der Waals surface area contributed by atoms with Gasteiger partial charge in [-0.1, -0.05) is 32.1 Å². The highest BCUT2D eigenvalue weighted by Crippen LogP contribution is 2.62. The Labute approximate surface area is 219 Å². The average Bonchev–Trinajstić information content (AvgIpc) is 3.14. The van der Waals surface area contributed by atoms with Crippen molar-refractivity contribution in [2.24, 2.45) is 16.7 Å². The minimum absolute atomic E-state index is 0.0562. The number of methoxy groups -OCH3 is 1. The van der Waals surface area contributed by atoms with E-state index in [1.165, 1.54) is 7.11 Å². The molecule has 0 amide bonds. The average molecular weight is 516 g/mol. The van der Waals surface area contributed by atoms with Crippen LogP contribution in [0.4, 0.5) is 0 Å². The van der Waals surface area contributed by atoms with Gasteiger partial charge in [0.15, 0.2) is 5.76 Å². The number of nitrogens with one attached hydrogen (secondary N) is 1. The number of hydrogen-bond donors (Lipinski definition) is 4. The minimum atomic E-state index is -1.10. The topological polar surface area (TPSA) is 125 Å². The molecule has 0 aromatic carbocycles. The summed E-state index contributed by atoms with van der Waals surface area (Å²) in [4.78, 5) is 26.2. The number of Topliss-reactive ketones (excluding diaryl/α,β-unsaturated/α-hetero) is 1. The second-order valence-corrected chi connectivity index (χ2v) is 10.6. The number of aliphatic hydroxyl groups excluding tert-OH is 3. The number of ketones is 1. The maximum Gasteiger partial charge on any atom is 0.338 e. The Balaban J connectivity index is 0.000000479. The SMILES string of the molecule is C=CCNCC=C.CC/C=C1/C(=O)OC(COC)C2(C)C1=C(O)C(=O)C1=C2C(O)CC2(C)C(O)CCC12. The molecule has 0 bridgehead atoms. The molecule has 8 nitrogen and oxygen atoms in total. The van der Waals surface area contributed by atoms with E-state index < -0.39 is 46.7 Å². The van der Waals surface area contributed by atoms with Gasteiger partial charge in [-0.2, -0.15) is 0 Å². The van der Waals surface area contributed by atoms with E-state index in [1.807, 2.05) is 26.0 Å². The molecule has 4 rings (SSSR count). The van der Waals surface area contributed by atoms with E-state index in [1.54, 1.807) is 13.0 Å². The number of hydrogen-bond acceptors (Lipinski definition) is 8. The molecule has 204 valence electrons. The van der Waals surface area contributed by atoms with Crippen molar-refractivity contribution in [1.82, 2.24) is 5.32 Å². The predicted molar refractivity (Wildman–Crippen MR) is 141 cm³/mol. The van der Waals surface area contributed by atoms with E-state index in [9.17, 15) is 24.9 Å². The summed E-state index contributed by atoms with van der Waals surface area (Å²) in [7, 11) is 1.49. The van der Waals surface area contributed by atoms with Crippen LogP contribution >= 0.6 is 0 Å². The molecule has 0 aromatic rings. The molecule has 37 heavy (non-hydrogen) atoms. The summed E-state index contributed by atoms with van der Waals surface area (Å²) >= 11 is 0. The molecule has 1 aliphatic heterocycles. The van der Waals surface area contributed by atoms with Gasteiger partial charge in [0.2, 0.25) is 5.78 Å². The van der Waals surface area contributed by atoms with E-state index in [2.05, 4.69) is 18.5 Å². The number of cyclic esters (lactones) is 1. The van der Waals surface area contributed by atoms with Gasteiger partial charge in [-0.05, 0) is 44.1 Å². The summed E-state index contributed by atoms with van der Waals surface area (Å²) in [6.07, 6.45) is 4.79. The molecule has 3 aliphatic carbocycles. The van der Waals surface area contributed by atoms with Gasteiger partial charge in [-0.25, -0.2) is 4.79 Å². The quantitative estimate of drug-likeness (QED) is 0.176. The third-order valence-electron chi connectivity index (χ3n) is 8.35. The van der Waals surface area contributed by atoms with Crippen LogP contribution in [0.1, 0.15) is 46.5 Å². The lowest BCUT2D eigenvalue weighted by Gasteiger charge is -2.53. The van der Waals surface area contributed by atoms with Crippen molar-refractivity contribution in [3.63, 3.8) is 0 Å². The summed E-state index contributed by atoms with van der Waals surface area (Å²) < 4.78 is 11.0. The molecular weight excluding hydrogens is 474 g/mol. The Kier molecular flexibility index (Phi) is 9.01. The molecule has 6 atom stereocenters. The van der Waals surface area contributed by atoms with Gasteiger partial charge in [0.25, 0.3) is 0 Å². The van der Waals surface area contributed by atoms with Crippen molar-refractivity contribution in [1.29, 1.82) is 0 Å². The molecule has 8 heteroatoms. The lowest BCUT2D eigenvalue weighted by molar-refractivity contribution is -0.157. The zero-order valence-corrected chi connectivity index (χ0v) is 22.4. The van der Waals surface area contributed by atoms with Gasteiger partial charge >= 0.3 is 5.97 Å². The summed E-state index contributed by atoms with van der Waals surface area (Å²) in [5.74, 6) is -1.92. The predicted octanol–water partition coefficient (Wildman–Crippen LogP) is 3.08. The maximum absolute atomic E-state index is 13.4. The van der Waals surface area contributed by atoms with Gasteiger partial charge in [0.1, 0.15) is 6.10 Å². The smallest absolute Gasteiger partial charge is 0.338 e. The van der Waals surface area contributed by atoms with Crippen molar-refractivity contribution in [2.45, 2.75) is 64.8 Å². The zero-order valence-electron chi connectivity index (χ0n) is 22.4. The Morgan fingerprint density at radius 3 is 2.38 bits per heavy atom. The van der Waals surface area contributed by atoms with Crippen LogP contribution in [0.15, 0.2) is 59.4 Å². The van der Waals surface area contributed by atoms with Crippen LogP contribution in [0.3, 0.4) is 0 Å². The molecule has 1 heterocycles. The van der Waals surface area contributed by atoms with Crippen molar-refractivity contribution in [2.75, 3.05) is 26.8 Å². The number of fused-ring (bicyclic) bond motifs is 4. The van der Waals surface area contributed by atoms with Crippen LogP contribution in [0, 0.1) is 16.7 Å². The molecule has 2 fully saturated rings. The number of carbonyl (C=O) groups excluding carboxylic acids is 2. The van der Waals surface area contributed by atoms with Gasteiger partial charge in [-0.15, -0.1) is 13.2 Å². The molecule has 6 unspecified atom stereocenters. The highest BCUT2D eigenvalue weighted by Gasteiger charge is 2.63. The first-order valence-corrected chi connectivity index (χ1v) is 13.0. The van der Waals surface area contributed by atoms with Crippen LogP contribution in [-0.4, -0.2) is 72.2 Å². The van der Waals surface area contributed by atoms with Crippen LogP contribution in [-0.2, 0) is 19.1 Å². The molecule has 4 N–H and O–H groups in total. The van der Waals surface area contributed by atoms with Gasteiger partial charge < -0.3 is 30.1 Å². The van der Waals surface area contributed by atoms with Crippen LogP contribution < -0.4 is 5.32 Å². The number of rotatable bonds is 7. The van der Waals surface area contributed by atoms with Gasteiger partial charge in [-0.3, -0.25) is 4.79 Å². The zero-order chi connectivity index (χ0) is 27.5. The Morgan fingerprint density at radius 2 is 1.81 bits per heavy atom. The highest BCUT2D eigenvalue weighted by molar-refractivity contribution is 6.13. The van der Waals surface area contributed by atoms with Crippen LogP contribution in [0.2, 0.25) is 0 Å². The van der Waals surface area contributed by atoms with Crippen LogP contribution in [0.5, 0.6) is 0 Å². The third-order valence-corrected chi connectivity index (χ3v) is 8.35. The number of aliphatic hydroxyl groups is 3. The van der Waals surface area contributed by atoms with Gasteiger partial charge in [0.05, 0.1) is 29.8 Å². The summed E-state index contributed by atoms with van der Waals surface area (Å²) in [5.41, 5.74) is -0.511. The summed E-state index contributed by atoms with van der Waals surface area (Å²) in [6, 6.07) is 0. The van der Waals surface area contributed by atoms with Crippen LogP contribution in [0.25, 0.3) is 0 Å². The first-order chi connectivity index (χ1) is 17.5. The molecule has 0 spiro atoms. The van der Waals surface area contributed by atoms with Gasteiger partial charge in [0, 0.05) is 36.8 Å². The summed E-state index contributed by atoms with van der Waals surface area (Å²) in [5, 5.41) is 36.0. The number of allylic oxidation sites excluding steroid dienone is 2. The fraction of sp³-hybridized carbons (Fsp3) is 0.586. The van der Waals surface area contributed by atoms with E-state index in [0.29, 0.717) is 36.8 Å². The van der Waals surface area contributed by atoms with E-state index in [-0.39, 0.29) is 23.7 Å². The van der Waals surface area contributed by atoms with E-state index in [0.717, 1.165) is 13.1 Å². The number of esters is 1. The van der Waals surface area contributed by atoms with E-state index in [4.69, 9.17) is 9.47 Å². The highest BCUT2D eigenvalue weighted by atomic mass is 16.6. The fourth-order valence-electron chi connectivity index (χ4n) is 6.57. The summed E-state index contributed by atoms with van der Waals surface area (Å²) in [6.45, 7) is 14.4. The largest absolute Gasteiger partial charge is 0.504 e. The Bertz CT molecular complexity index is 1030. The lowest BCUT2D eigenvalue weighted by Crippen LogP contribution is -2.56. The molecule has 4 aliphatic rings.